The molecule has 1 fully saturated rings. The molecule has 1 aliphatic rings. The fourth-order valence-electron chi connectivity index (χ4n) is 3.03. The zero-order valence-electron chi connectivity index (χ0n) is 14.7. The standard InChI is InChI=1S/C21H20INO4/c22-17-7-3-4-8-19(17)27-16-11-9-14(10-12-16)13-18(21(25)26)23-20(24)15-5-1-2-6-15/h3-4,7-13,15H,1-2,5-6H2,(H,23,24)(H,25,26)/b18-13+. The number of hydrogen-bond acceptors (Lipinski definition) is 3. The minimum atomic E-state index is -1.15. The maximum Gasteiger partial charge on any atom is 0.352 e. The van der Waals surface area contributed by atoms with Crippen molar-refractivity contribution in [3.63, 3.8) is 0 Å². The lowest BCUT2D eigenvalue weighted by Gasteiger charge is -2.11. The van der Waals surface area contributed by atoms with Gasteiger partial charge in [-0.1, -0.05) is 37.1 Å². The Bertz CT molecular complexity index is 855. The molecule has 3 rings (SSSR count). The first-order valence-corrected chi connectivity index (χ1v) is 9.89. The molecule has 0 unspecified atom stereocenters. The van der Waals surface area contributed by atoms with Crippen LogP contribution in [0.4, 0.5) is 0 Å². The van der Waals surface area contributed by atoms with Gasteiger partial charge in [0.1, 0.15) is 17.2 Å². The van der Waals surface area contributed by atoms with Crippen LogP contribution in [0.5, 0.6) is 11.5 Å². The van der Waals surface area contributed by atoms with E-state index in [1.165, 1.54) is 6.08 Å². The second-order valence-electron chi connectivity index (χ2n) is 6.44. The van der Waals surface area contributed by atoms with E-state index in [1.807, 2.05) is 24.3 Å². The highest BCUT2D eigenvalue weighted by Gasteiger charge is 2.24. The third-order valence-corrected chi connectivity index (χ3v) is 5.36. The number of rotatable bonds is 6. The van der Waals surface area contributed by atoms with Crippen LogP contribution in [0.1, 0.15) is 31.2 Å². The molecule has 0 bridgehead atoms. The molecule has 1 amide bonds. The van der Waals surface area contributed by atoms with Crippen LogP contribution in [0.15, 0.2) is 54.2 Å². The molecule has 2 N–H and O–H groups in total. The van der Waals surface area contributed by atoms with Crippen molar-refractivity contribution in [1.82, 2.24) is 5.32 Å². The van der Waals surface area contributed by atoms with Crippen LogP contribution in [0.2, 0.25) is 0 Å². The maximum absolute atomic E-state index is 12.2. The first kappa shape index (κ1) is 19.4. The second kappa shape index (κ2) is 9.03. The van der Waals surface area contributed by atoms with Gasteiger partial charge in [-0.3, -0.25) is 4.79 Å². The Morgan fingerprint density at radius 1 is 1.07 bits per heavy atom. The van der Waals surface area contributed by atoms with E-state index >= 15 is 0 Å². The number of carbonyl (C=O) groups excluding carboxylic acids is 1. The lowest BCUT2D eigenvalue weighted by atomic mass is 10.1. The molecule has 0 aliphatic heterocycles. The molecule has 0 heterocycles. The van der Waals surface area contributed by atoms with Crippen LogP contribution in [0.25, 0.3) is 6.08 Å². The van der Waals surface area contributed by atoms with E-state index in [0.717, 1.165) is 35.0 Å². The predicted molar refractivity (Wildman–Crippen MR) is 111 cm³/mol. The van der Waals surface area contributed by atoms with Gasteiger partial charge in [0.15, 0.2) is 0 Å². The molecule has 6 heteroatoms. The Balaban J connectivity index is 1.71. The highest BCUT2D eigenvalue weighted by molar-refractivity contribution is 14.1. The third-order valence-electron chi connectivity index (χ3n) is 4.47. The molecule has 0 radical (unpaired) electrons. The minimum Gasteiger partial charge on any atom is -0.477 e. The molecule has 0 saturated heterocycles. The molecule has 1 saturated carbocycles. The minimum absolute atomic E-state index is 0.0862. The van der Waals surface area contributed by atoms with E-state index in [-0.39, 0.29) is 17.5 Å². The van der Waals surface area contributed by atoms with E-state index in [2.05, 4.69) is 27.9 Å². The van der Waals surface area contributed by atoms with Gasteiger partial charge in [0.2, 0.25) is 5.91 Å². The Morgan fingerprint density at radius 3 is 2.37 bits per heavy atom. The number of aliphatic carboxylic acids is 1. The van der Waals surface area contributed by atoms with E-state index in [9.17, 15) is 14.7 Å². The highest BCUT2D eigenvalue weighted by atomic mass is 127. The Labute approximate surface area is 171 Å². The number of carbonyl (C=O) groups is 2. The topological polar surface area (TPSA) is 75.6 Å². The van der Waals surface area contributed by atoms with Gasteiger partial charge in [-0.25, -0.2) is 4.79 Å². The van der Waals surface area contributed by atoms with Crippen molar-refractivity contribution in [2.75, 3.05) is 0 Å². The first-order valence-electron chi connectivity index (χ1n) is 8.81. The van der Waals surface area contributed by atoms with E-state index in [0.29, 0.717) is 11.3 Å². The van der Waals surface area contributed by atoms with E-state index in [1.54, 1.807) is 24.3 Å². The van der Waals surface area contributed by atoms with Crippen molar-refractivity contribution in [2.45, 2.75) is 25.7 Å². The summed E-state index contributed by atoms with van der Waals surface area (Å²) in [6, 6.07) is 14.7. The quantitative estimate of drug-likeness (QED) is 0.463. The zero-order valence-corrected chi connectivity index (χ0v) is 16.8. The van der Waals surface area contributed by atoms with Crippen LogP contribution in [-0.2, 0) is 9.59 Å². The molecule has 0 aromatic heterocycles. The summed E-state index contributed by atoms with van der Waals surface area (Å²) in [5, 5.41) is 12.0. The Kier molecular flexibility index (Phi) is 6.49. The predicted octanol–water partition coefficient (Wildman–Crippen LogP) is 4.82. The molecule has 0 spiro atoms. The lowest BCUT2D eigenvalue weighted by molar-refractivity contribution is -0.135. The van der Waals surface area contributed by atoms with Crippen LogP contribution < -0.4 is 10.1 Å². The summed E-state index contributed by atoms with van der Waals surface area (Å²) >= 11 is 2.20. The SMILES string of the molecule is O=C(O)/C(=C\c1ccc(Oc2ccccc2I)cc1)NC(=O)C1CCCC1. The molecule has 0 atom stereocenters. The molecule has 5 nitrogen and oxygen atoms in total. The van der Waals surface area contributed by atoms with Gasteiger partial charge in [0.05, 0.1) is 3.57 Å². The molecular formula is C21H20INO4. The zero-order chi connectivity index (χ0) is 19.2. The van der Waals surface area contributed by atoms with E-state index < -0.39 is 5.97 Å². The monoisotopic (exact) mass is 477 g/mol. The number of para-hydroxylation sites is 1. The van der Waals surface area contributed by atoms with Gasteiger partial charge in [0.25, 0.3) is 0 Å². The summed E-state index contributed by atoms with van der Waals surface area (Å²) in [5.74, 6) is -0.0308. The highest BCUT2D eigenvalue weighted by Crippen LogP contribution is 2.27. The fraction of sp³-hybridized carbons (Fsp3) is 0.238. The van der Waals surface area contributed by atoms with Crippen molar-refractivity contribution < 1.29 is 19.4 Å². The van der Waals surface area contributed by atoms with Gasteiger partial charge in [-0.05, 0) is 71.3 Å². The number of nitrogens with one attached hydrogen (secondary N) is 1. The van der Waals surface area contributed by atoms with Gasteiger partial charge in [-0.2, -0.15) is 0 Å². The maximum atomic E-state index is 12.2. The van der Waals surface area contributed by atoms with Gasteiger partial charge in [-0.15, -0.1) is 0 Å². The van der Waals surface area contributed by atoms with Crippen LogP contribution in [0, 0.1) is 9.49 Å². The van der Waals surface area contributed by atoms with Crippen molar-refractivity contribution in [3.05, 3.63) is 63.4 Å². The third kappa shape index (κ3) is 5.32. The number of ether oxygens (including phenoxy) is 1. The van der Waals surface area contributed by atoms with Crippen molar-refractivity contribution in [2.24, 2.45) is 5.92 Å². The number of carboxylic acids is 1. The van der Waals surface area contributed by atoms with Crippen molar-refractivity contribution in [3.8, 4) is 11.5 Å². The summed E-state index contributed by atoms with van der Waals surface area (Å²) in [6.07, 6.45) is 5.15. The number of amides is 1. The van der Waals surface area contributed by atoms with Crippen molar-refractivity contribution >= 4 is 40.5 Å². The molecule has 2 aromatic carbocycles. The first-order chi connectivity index (χ1) is 13.0. The number of hydrogen-bond donors (Lipinski definition) is 2. The average molecular weight is 477 g/mol. The summed E-state index contributed by atoms with van der Waals surface area (Å²) in [7, 11) is 0. The summed E-state index contributed by atoms with van der Waals surface area (Å²) in [4.78, 5) is 23.7. The average Bonchev–Trinajstić information content (AvgIpc) is 3.19. The normalized spacial score (nSPS) is 14.8. The fourth-order valence-corrected chi connectivity index (χ4v) is 3.52. The van der Waals surface area contributed by atoms with Crippen LogP contribution in [-0.4, -0.2) is 17.0 Å². The largest absolute Gasteiger partial charge is 0.477 e. The van der Waals surface area contributed by atoms with Gasteiger partial charge >= 0.3 is 5.97 Å². The summed E-state index contributed by atoms with van der Waals surface area (Å²) < 4.78 is 6.84. The second-order valence-corrected chi connectivity index (χ2v) is 7.60. The molecule has 1 aliphatic carbocycles. The molecule has 2 aromatic rings. The van der Waals surface area contributed by atoms with Crippen LogP contribution in [0.3, 0.4) is 0 Å². The van der Waals surface area contributed by atoms with Crippen molar-refractivity contribution in [1.29, 1.82) is 0 Å². The Morgan fingerprint density at radius 2 is 1.74 bits per heavy atom. The molecule has 140 valence electrons. The number of carboxylic acid groups (broad SMARTS) is 1. The van der Waals surface area contributed by atoms with Crippen LogP contribution >= 0.6 is 22.6 Å². The summed E-state index contributed by atoms with van der Waals surface area (Å²) in [5.41, 5.74) is 0.562. The van der Waals surface area contributed by atoms with E-state index in [4.69, 9.17) is 4.74 Å². The van der Waals surface area contributed by atoms with Gasteiger partial charge in [0, 0.05) is 5.92 Å². The lowest BCUT2D eigenvalue weighted by Crippen LogP contribution is -2.31. The number of halogens is 1. The molecule has 27 heavy (non-hydrogen) atoms. The smallest absolute Gasteiger partial charge is 0.352 e. The Hall–Kier alpha value is -2.35. The van der Waals surface area contributed by atoms with Gasteiger partial charge < -0.3 is 15.2 Å². The summed E-state index contributed by atoms with van der Waals surface area (Å²) in [6.45, 7) is 0. The molecular weight excluding hydrogens is 457 g/mol. The number of benzene rings is 2.